The third-order valence-electron chi connectivity index (χ3n) is 5.00. The van der Waals surface area contributed by atoms with Crippen molar-refractivity contribution < 1.29 is 19.1 Å². The highest BCUT2D eigenvalue weighted by Gasteiger charge is 2.27. The van der Waals surface area contributed by atoms with E-state index in [0.717, 1.165) is 40.6 Å². The highest BCUT2D eigenvalue weighted by atomic mass is 79.9. The summed E-state index contributed by atoms with van der Waals surface area (Å²) in [4.78, 5) is 26.6. The second-order valence-corrected chi connectivity index (χ2v) is 9.57. The summed E-state index contributed by atoms with van der Waals surface area (Å²) in [5.41, 5.74) is 1.71. The summed E-state index contributed by atoms with van der Waals surface area (Å²) in [5, 5.41) is 8.28. The smallest absolute Gasteiger partial charge is 0.341 e. The molecule has 10 heteroatoms. The molecule has 0 saturated heterocycles. The SMILES string of the molecule is CCOC(=O)c1c(NC(=O)c2ccn(COc3ccc(Cl)cc3Br)n2)sc2c1CCCC2. The molecule has 1 amide bonds. The Balaban J connectivity index is 1.47. The van der Waals surface area contributed by atoms with E-state index in [1.54, 1.807) is 37.4 Å². The van der Waals surface area contributed by atoms with Crippen LogP contribution in [0.5, 0.6) is 5.75 Å². The molecule has 168 valence electrons. The van der Waals surface area contributed by atoms with Gasteiger partial charge in [-0.05, 0) is 78.4 Å². The number of aromatic nitrogens is 2. The topological polar surface area (TPSA) is 82.5 Å². The monoisotopic (exact) mass is 537 g/mol. The van der Waals surface area contributed by atoms with Crippen molar-refractivity contribution in [1.29, 1.82) is 0 Å². The Morgan fingerprint density at radius 2 is 2.09 bits per heavy atom. The maximum Gasteiger partial charge on any atom is 0.341 e. The van der Waals surface area contributed by atoms with Crippen molar-refractivity contribution in [3.8, 4) is 5.75 Å². The fourth-order valence-electron chi connectivity index (χ4n) is 3.52. The normalized spacial score (nSPS) is 12.8. The van der Waals surface area contributed by atoms with Gasteiger partial charge in [-0.3, -0.25) is 4.79 Å². The molecule has 4 rings (SSSR count). The average Bonchev–Trinajstić information content (AvgIpc) is 3.37. The van der Waals surface area contributed by atoms with E-state index in [0.29, 0.717) is 21.3 Å². The third kappa shape index (κ3) is 5.00. The van der Waals surface area contributed by atoms with Crippen LogP contribution in [0.2, 0.25) is 5.02 Å². The van der Waals surface area contributed by atoms with E-state index < -0.39 is 5.97 Å². The fraction of sp³-hybridized carbons (Fsp3) is 0.318. The van der Waals surface area contributed by atoms with Crippen LogP contribution in [0.25, 0.3) is 0 Å². The minimum absolute atomic E-state index is 0.120. The molecule has 2 heterocycles. The lowest BCUT2D eigenvalue weighted by atomic mass is 9.95. The molecule has 0 bridgehead atoms. The number of thiophene rings is 1. The zero-order valence-electron chi connectivity index (χ0n) is 17.3. The molecule has 1 aromatic carbocycles. The highest BCUT2D eigenvalue weighted by Crippen LogP contribution is 2.38. The summed E-state index contributed by atoms with van der Waals surface area (Å²) in [7, 11) is 0. The predicted molar refractivity (Wildman–Crippen MR) is 127 cm³/mol. The number of carbonyl (C=O) groups is 2. The number of anilines is 1. The Bertz CT molecular complexity index is 1160. The lowest BCUT2D eigenvalue weighted by Crippen LogP contribution is -2.17. The summed E-state index contributed by atoms with van der Waals surface area (Å²) < 4.78 is 13.2. The minimum Gasteiger partial charge on any atom is -0.470 e. The summed E-state index contributed by atoms with van der Waals surface area (Å²) in [6.45, 7) is 2.17. The average molecular weight is 539 g/mol. The second-order valence-electron chi connectivity index (χ2n) is 7.18. The van der Waals surface area contributed by atoms with E-state index in [2.05, 4.69) is 26.3 Å². The van der Waals surface area contributed by atoms with Gasteiger partial charge < -0.3 is 14.8 Å². The molecule has 7 nitrogen and oxygen atoms in total. The zero-order valence-corrected chi connectivity index (χ0v) is 20.5. The number of hydrogen-bond donors (Lipinski definition) is 1. The van der Waals surface area contributed by atoms with Crippen LogP contribution in [0.4, 0.5) is 5.00 Å². The molecular weight excluding hydrogens is 518 g/mol. The zero-order chi connectivity index (χ0) is 22.7. The van der Waals surface area contributed by atoms with E-state index in [1.165, 1.54) is 16.0 Å². The van der Waals surface area contributed by atoms with Crippen molar-refractivity contribution in [2.45, 2.75) is 39.3 Å². The number of ether oxygens (including phenoxy) is 2. The Kier molecular flexibility index (Phi) is 7.17. The van der Waals surface area contributed by atoms with E-state index in [1.807, 2.05) is 0 Å². The predicted octanol–water partition coefficient (Wildman–Crippen LogP) is 5.70. The van der Waals surface area contributed by atoms with Gasteiger partial charge >= 0.3 is 5.97 Å². The van der Waals surface area contributed by atoms with Gasteiger partial charge in [0, 0.05) is 16.1 Å². The van der Waals surface area contributed by atoms with Crippen LogP contribution in [0.3, 0.4) is 0 Å². The standard InChI is InChI=1S/C22H21BrClN3O4S/c1-2-30-22(29)19-14-5-3-4-6-18(14)32-21(19)25-20(28)16-9-10-27(26-16)12-31-17-8-7-13(24)11-15(17)23/h7-11H,2-6,12H2,1H3,(H,25,28). The summed E-state index contributed by atoms with van der Waals surface area (Å²) in [6, 6.07) is 6.82. The molecule has 3 aromatic rings. The number of aryl methyl sites for hydroxylation is 1. The molecule has 0 radical (unpaired) electrons. The number of hydrogen-bond acceptors (Lipinski definition) is 6. The van der Waals surface area contributed by atoms with Crippen molar-refractivity contribution in [2.75, 3.05) is 11.9 Å². The first-order valence-corrected chi connectivity index (χ1v) is 12.2. The number of nitrogens with zero attached hydrogens (tertiary/aromatic N) is 2. The van der Waals surface area contributed by atoms with E-state index in [4.69, 9.17) is 21.1 Å². The van der Waals surface area contributed by atoms with Crippen LogP contribution in [0, 0.1) is 0 Å². The van der Waals surface area contributed by atoms with Crippen molar-refractivity contribution in [2.24, 2.45) is 0 Å². The molecule has 1 aliphatic carbocycles. The van der Waals surface area contributed by atoms with Crippen LogP contribution < -0.4 is 10.1 Å². The Hall–Kier alpha value is -2.36. The lowest BCUT2D eigenvalue weighted by molar-refractivity contribution is 0.0526. The lowest BCUT2D eigenvalue weighted by Gasteiger charge is -2.12. The Morgan fingerprint density at radius 1 is 1.28 bits per heavy atom. The molecule has 0 unspecified atom stereocenters. The van der Waals surface area contributed by atoms with Gasteiger partial charge in [-0.2, -0.15) is 5.10 Å². The first-order chi connectivity index (χ1) is 15.5. The molecule has 0 atom stereocenters. The fourth-order valence-corrected chi connectivity index (χ4v) is 5.59. The molecule has 0 aliphatic heterocycles. The minimum atomic E-state index is -0.394. The quantitative estimate of drug-likeness (QED) is 0.390. The molecule has 0 spiro atoms. The molecule has 0 fully saturated rings. The Labute approximate surface area is 202 Å². The van der Waals surface area contributed by atoms with Crippen LogP contribution in [0.15, 0.2) is 34.9 Å². The van der Waals surface area contributed by atoms with Gasteiger partial charge in [-0.15, -0.1) is 11.3 Å². The van der Waals surface area contributed by atoms with Crippen molar-refractivity contribution >= 4 is 55.7 Å². The third-order valence-corrected chi connectivity index (χ3v) is 7.06. The van der Waals surface area contributed by atoms with Gasteiger partial charge in [0.2, 0.25) is 0 Å². The summed E-state index contributed by atoms with van der Waals surface area (Å²) in [5.74, 6) is -0.172. The molecule has 0 saturated carbocycles. The maximum atomic E-state index is 12.8. The molecule has 1 N–H and O–H groups in total. The maximum absolute atomic E-state index is 12.8. The van der Waals surface area contributed by atoms with Crippen LogP contribution >= 0.6 is 38.9 Å². The molecule has 2 aromatic heterocycles. The first-order valence-electron chi connectivity index (χ1n) is 10.2. The van der Waals surface area contributed by atoms with Crippen LogP contribution in [-0.2, 0) is 24.3 Å². The number of benzene rings is 1. The second kappa shape index (κ2) is 10.1. The number of amides is 1. The number of carbonyl (C=O) groups excluding carboxylic acids is 2. The summed E-state index contributed by atoms with van der Waals surface area (Å²) in [6.07, 6.45) is 5.50. The number of nitrogens with one attached hydrogen (secondary N) is 1. The van der Waals surface area contributed by atoms with Crippen LogP contribution in [0.1, 0.15) is 51.1 Å². The number of halogens is 2. The molecule has 1 aliphatic rings. The van der Waals surface area contributed by atoms with Gasteiger partial charge in [-0.1, -0.05) is 11.6 Å². The first kappa shape index (κ1) is 22.8. The molecular formula is C22H21BrClN3O4S. The van der Waals surface area contributed by atoms with Gasteiger partial charge in [0.15, 0.2) is 12.4 Å². The number of rotatable bonds is 7. The molecule has 32 heavy (non-hydrogen) atoms. The van der Waals surface area contributed by atoms with Crippen molar-refractivity contribution in [1.82, 2.24) is 9.78 Å². The largest absolute Gasteiger partial charge is 0.470 e. The van der Waals surface area contributed by atoms with Gasteiger partial charge in [-0.25, -0.2) is 9.48 Å². The highest BCUT2D eigenvalue weighted by molar-refractivity contribution is 9.10. The Morgan fingerprint density at radius 3 is 2.88 bits per heavy atom. The number of esters is 1. The van der Waals surface area contributed by atoms with Crippen molar-refractivity contribution in [3.63, 3.8) is 0 Å². The van der Waals surface area contributed by atoms with Crippen molar-refractivity contribution in [3.05, 3.63) is 61.7 Å². The van der Waals surface area contributed by atoms with E-state index in [9.17, 15) is 9.59 Å². The van der Waals surface area contributed by atoms with E-state index in [-0.39, 0.29) is 24.9 Å². The van der Waals surface area contributed by atoms with Gasteiger partial charge in [0.25, 0.3) is 5.91 Å². The van der Waals surface area contributed by atoms with Crippen LogP contribution in [-0.4, -0.2) is 28.3 Å². The van der Waals surface area contributed by atoms with Gasteiger partial charge in [0.05, 0.1) is 16.6 Å². The van der Waals surface area contributed by atoms with Gasteiger partial charge in [0.1, 0.15) is 10.8 Å². The summed E-state index contributed by atoms with van der Waals surface area (Å²) >= 11 is 10.8. The number of fused-ring (bicyclic) bond motifs is 1. The van der Waals surface area contributed by atoms with E-state index >= 15 is 0 Å².